The van der Waals surface area contributed by atoms with Crippen LogP contribution in [0.15, 0.2) is 58.3 Å². The molecule has 0 aliphatic rings. The molecule has 74 heavy (non-hydrogen) atoms. The van der Waals surface area contributed by atoms with Crippen LogP contribution >= 0.6 is 0 Å². The number of methoxy groups -OCH3 is 1. The molecule has 0 radical (unpaired) electrons. The lowest BCUT2D eigenvalue weighted by Crippen LogP contribution is -2.52. The van der Waals surface area contributed by atoms with E-state index in [-0.39, 0.29) is 38.9 Å². The van der Waals surface area contributed by atoms with E-state index in [2.05, 4.69) is 20.7 Å². The number of nitrogens with zero attached hydrogens (tertiary/aromatic N) is 3. The Morgan fingerprint density at radius 1 is 0.608 bits per heavy atom. The van der Waals surface area contributed by atoms with E-state index in [4.69, 9.17) is 18.9 Å². The highest BCUT2D eigenvalue weighted by Gasteiger charge is 2.41. The number of ether oxygens (including phenoxy) is 4. The number of sulfonamides is 2. The molecular weight excluding hydrogens is 1010 g/mol. The number of nitrogens with one attached hydrogen (secondary N) is 4. The third-order valence-electron chi connectivity index (χ3n) is 9.97. The summed E-state index contributed by atoms with van der Waals surface area (Å²) in [6.07, 6.45) is 1.78. The van der Waals surface area contributed by atoms with Gasteiger partial charge in [0.25, 0.3) is 21.4 Å². The van der Waals surface area contributed by atoms with Gasteiger partial charge in [0.05, 0.1) is 17.0 Å². The fraction of sp³-hybridized carbons (Fsp3) is 0.638. The highest BCUT2D eigenvalue weighted by atomic mass is 32.2. The van der Waals surface area contributed by atoms with Crippen molar-refractivity contribution in [2.75, 3.05) is 33.3 Å². The van der Waals surface area contributed by atoms with Gasteiger partial charge < -0.3 is 40.0 Å². The maximum Gasteiger partial charge on any atom is 0.407 e. The number of nitro groups is 2. The number of para-hydroxylation sites is 2. The number of esters is 1. The van der Waals surface area contributed by atoms with Gasteiger partial charge in [0, 0.05) is 38.3 Å². The summed E-state index contributed by atoms with van der Waals surface area (Å²) in [5.41, 5.74) is -5.07. The average Bonchev–Trinajstić information content (AvgIpc) is 3.26. The molecule has 0 aliphatic heterocycles. The highest BCUT2D eigenvalue weighted by molar-refractivity contribution is 7.89. The number of rotatable bonds is 27. The predicted octanol–water partition coefficient (Wildman–Crippen LogP) is 7.32. The fourth-order valence-electron chi connectivity index (χ4n) is 6.63. The molecular formula is C47H75N7O18S2. The first-order chi connectivity index (χ1) is 34.1. The van der Waals surface area contributed by atoms with Crippen LogP contribution in [0.4, 0.5) is 25.8 Å². The number of alkyl carbamates (subject to hydrolysis) is 3. The maximum atomic E-state index is 13.9. The number of unbranched alkanes of at least 4 members (excludes halogenated alkanes) is 5. The Labute approximate surface area is 433 Å². The number of carboxylic acid groups (broad SMARTS) is 1. The van der Waals surface area contributed by atoms with Gasteiger partial charge in [-0.25, -0.2) is 31.2 Å². The Morgan fingerprint density at radius 2 is 1.00 bits per heavy atom. The number of benzene rings is 2. The van der Waals surface area contributed by atoms with Crippen LogP contribution in [0, 0.1) is 20.2 Å². The second kappa shape index (κ2) is 29.6. The van der Waals surface area contributed by atoms with Gasteiger partial charge in [-0.2, -0.15) is 9.03 Å². The number of aliphatic carboxylic acids is 1. The number of carbonyl (C=O) groups excluding carboxylic acids is 4. The van der Waals surface area contributed by atoms with E-state index in [9.17, 15) is 66.1 Å². The Balaban J connectivity index is 0.000000795. The van der Waals surface area contributed by atoms with Crippen molar-refractivity contribution in [2.45, 2.75) is 172 Å². The summed E-state index contributed by atoms with van der Waals surface area (Å²) in [7, 11) is -7.84. The van der Waals surface area contributed by atoms with E-state index in [0.29, 0.717) is 51.5 Å². The van der Waals surface area contributed by atoms with Gasteiger partial charge in [-0.05, 0) is 133 Å². The van der Waals surface area contributed by atoms with Gasteiger partial charge in [0.15, 0.2) is 9.79 Å². The summed E-state index contributed by atoms with van der Waals surface area (Å²) >= 11 is 0. The number of hydrogen-bond acceptors (Lipinski definition) is 17. The average molecular weight is 1090 g/mol. The molecule has 0 saturated heterocycles. The lowest BCUT2D eigenvalue weighted by Gasteiger charge is -2.29. The first-order valence-corrected chi connectivity index (χ1v) is 26.7. The zero-order chi connectivity index (χ0) is 56.7. The molecule has 27 heteroatoms. The molecule has 2 rings (SSSR count). The molecule has 0 bridgehead atoms. The summed E-state index contributed by atoms with van der Waals surface area (Å²) < 4.78 is 76.5. The van der Waals surface area contributed by atoms with Gasteiger partial charge in [0.1, 0.15) is 28.4 Å². The smallest absolute Gasteiger partial charge is 0.407 e. The molecule has 0 fully saturated rings. The van der Waals surface area contributed by atoms with Crippen molar-refractivity contribution in [3.63, 3.8) is 0 Å². The van der Waals surface area contributed by atoms with Crippen LogP contribution in [0.5, 0.6) is 0 Å². The van der Waals surface area contributed by atoms with Crippen molar-refractivity contribution in [1.29, 1.82) is 0 Å². The van der Waals surface area contributed by atoms with E-state index in [0.717, 1.165) is 35.7 Å². The first kappa shape index (κ1) is 65.8. The second-order valence-electron chi connectivity index (χ2n) is 20.0. The van der Waals surface area contributed by atoms with Crippen LogP contribution in [0.3, 0.4) is 0 Å². The van der Waals surface area contributed by atoms with Crippen molar-refractivity contribution in [3.8, 4) is 0 Å². The maximum absolute atomic E-state index is 13.9. The molecule has 2 aromatic rings. The lowest BCUT2D eigenvalue weighted by atomic mass is 9.96. The zero-order valence-corrected chi connectivity index (χ0v) is 45.8. The van der Waals surface area contributed by atoms with E-state index in [1.807, 2.05) is 0 Å². The summed E-state index contributed by atoms with van der Waals surface area (Å²) in [5.74, 6) is -2.22. The molecule has 418 valence electrons. The van der Waals surface area contributed by atoms with Crippen molar-refractivity contribution >= 4 is 61.6 Å². The van der Waals surface area contributed by atoms with Crippen molar-refractivity contribution < 1.29 is 74.7 Å². The van der Waals surface area contributed by atoms with Gasteiger partial charge in [0.2, 0.25) is 10.0 Å². The van der Waals surface area contributed by atoms with Crippen molar-refractivity contribution in [2.24, 2.45) is 0 Å². The number of carboxylic acids is 1. The molecule has 0 heterocycles. The van der Waals surface area contributed by atoms with E-state index >= 15 is 0 Å². The number of carbonyl (C=O) groups is 5. The van der Waals surface area contributed by atoms with Crippen LogP contribution in [0.2, 0.25) is 0 Å². The largest absolute Gasteiger partial charge is 0.480 e. The Kier molecular flexibility index (Phi) is 26.4. The Hall–Kier alpha value is -6.19. The molecule has 3 amide bonds. The number of hydrogen-bond donors (Lipinski definition) is 5. The molecule has 0 spiro atoms. The number of nitro benzene ring substituents is 2. The van der Waals surface area contributed by atoms with Crippen LogP contribution in [0.1, 0.15) is 133 Å². The summed E-state index contributed by atoms with van der Waals surface area (Å²) in [5, 5.41) is 40.1. The van der Waals surface area contributed by atoms with E-state index in [1.165, 1.54) is 31.2 Å². The number of amides is 3. The van der Waals surface area contributed by atoms with Crippen LogP contribution < -0.4 is 20.7 Å². The Morgan fingerprint density at radius 3 is 1.42 bits per heavy atom. The summed E-state index contributed by atoms with van der Waals surface area (Å²) in [4.78, 5) is 80.0. The zero-order valence-electron chi connectivity index (χ0n) is 44.1. The van der Waals surface area contributed by atoms with Gasteiger partial charge >= 0.3 is 30.2 Å². The third kappa shape index (κ3) is 24.7. The van der Waals surface area contributed by atoms with Gasteiger partial charge in [-0.1, -0.05) is 37.1 Å². The van der Waals surface area contributed by atoms with Crippen molar-refractivity contribution in [1.82, 2.24) is 25.0 Å². The monoisotopic (exact) mass is 1090 g/mol. The minimum absolute atomic E-state index is 0.0579. The van der Waals surface area contributed by atoms with Crippen LogP contribution in [0.25, 0.3) is 0 Å². The predicted molar refractivity (Wildman–Crippen MR) is 271 cm³/mol. The standard InChI is InChI=1S/C29H48N4O10S.C18H27N3O8S/c1-28(2,3)42-26(35)30-19-13-8-9-15-21-32(44(39,40)24-18-11-10-16-22(24)33(37)38)23(25(34)41-7)17-12-14-20-31-27(36)43-29(4,5)6;1-17(2,3)29-16(24)19-12-8-7-11-18(4,15(22)23)20-30(27,28)14-10-6-5-9-13(14)21(25)26/h10-11,16,18,23H,8-9,12-15,17,19-21H2,1-7H3,(H,30,35)(H,31,36);5-6,9-10,20H,7-8,11-12H2,1-4H3,(H,19,24)(H,22,23)/t23-;18-/m00/s1. The fourth-order valence-corrected chi connectivity index (χ4v) is 10.0. The summed E-state index contributed by atoms with van der Waals surface area (Å²) in [6, 6.07) is 8.41. The van der Waals surface area contributed by atoms with Gasteiger partial charge in [-0.3, -0.25) is 29.8 Å². The minimum Gasteiger partial charge on any atom is -0.480 e. The molecule has 0 saturated carbocycles. The first-order valence-electron chi connectivity index (χ1n) is 23.8. The minimum atomic E-state index is -4.51. The molecule has 5 N–H and O–H groups in total. The molecule has 0 aromatic heterocycles. The quantitative estimate of drug-likeness (QED) is 0.0192. The summed E-state index contributed by atoms with van der Waals surface area (Å²) in [6.45, 7) is 17.6. The highest BCUT2D eigenvalue weighted by Crippen LogP contribution is 2.30. The second-order valence-corrected chi connectivity index (χ2v) is 23.5. The SMILES string of the molecule is CC(C)(C)OC(=O)NCCCC[C@](C)(NS(=O)(=O)c1ccccc1[N+](=O)[O-])C(=O)O.COC(=O)[C@H](CCCCNC(=O)OC(C)(C)C)N(CCCCCCNC(=O)OC(C)(C)C)S(=O)(=O)c1ccccc1[N+](=O)[O-]. The lowest BCUT2D eigenvalue weighted by molar-refractivity contribution is -0.388. The molecule has 0 aliphatic carbocycles. The normalized spacial score (nSPS) is 13.2. The third-order valence-corrected chi connectivity index (χ3v) is 13.6. The molecule has 2 aromatic carbocycles. The molecule has 2 atom stereocenters. The molecule has 0 unspecified atom stereocenters. The van der Waals surface area contributed by atoms with Gasteiger partial charge in [-0.15, -0.1) is 0 Å². The topological polar surface area (TPSA) is 348 Å². The van der Waals surface area contributed by atoms with Crippen LogP contribution in [-0.2, 0) is 48.6 Å². The Bertz CT molecular complexity index is 2440. The van der Waals surface area contributed by atoms with Crippen LogP contribution in [-0.4, -0.2) is 128 Å². The van der Waals surface area contributed by atoms with E-state index < -0.39 is 110 Å². The molecule has 25 nitrogen and oxygen atoms in total. The van der Waals surface area contributed by atoms with E-state index in [1.54, 1.807) is 62.3 Å². The van der Waals surface area contributed by atoms with Crippen molar-refractivity contribution in [3.05, 3.63) is 68.8 Å².